The van der Waals surface area contributed by atoms with Crippen molar-refractivity contribution in [2.75, 3.05) is 24.3 Å². The van der Waals surface area contributed by atoms with Crippen molar-refractivity contribution in [1.29, 1.82) is 0 Å². The molecule has 0 heterocycles. The third-order valence-electron chi connectivity index (χ3n) is 9.35. The van der Waals surface area contributed by atoms with Gasteiger partial charge in [-0.2, -0.15) is 24.4 Å². The Hall–Kier alpha value is -4.15. The summed E-state index contributed by atoms with van der Waals surface area (Å²) >= 11 is 5.59. The van der Waals surface area contributed by atoms with Gasteiger partial charge in [-0.1, -0.05) is 55.4 Å². The summed E-state index contributed by atoms with van der Waals surface area (Å²) in [6.45, 7) is 16.7. The van der Waals surface area contributed by atoms with Crippen LogP contribution in [0.1, 0.15) is 94.9 Å². The quantitative estimate of drug-likeness (QED) is 0.0330. The van der Waals surface area contributed by atoms with Crippen LogP contribution in [0.25, 0.3) is 0 Å². The third kappa shape index (κ3) is 21.8. The predicted molar refractivity (Wildman–Crippen MR) is 236 cm³/mol. The van der Waals surface area contributed by atoms with Crippen LogP contribution in [-0.4, -0.2) is 137 Å². The van der Waals surface area contributed by atoms with Gasteiger partial charge in [0.15, 0.2) is 6.54 Å². The van der Waals surface area contributed by atoms with E-state index < -0.39 is 114 Å². The zero-order valence-electron chi connectivity index (χ0n) is 38.0. The highest BCUT2D eigenvalue weighted by Crippen LogP contribution is 2.11. The first kappa shape index (κ1) is 57.9. The molecule has 0 bridgehead atoms. The number of quaternary nitrogens is 1. The Kier molecular flexibility index (Phi) is 27.3. The highest BCUT2D eigenvalue weighted by molar-refractivity contribution is 7.98. The molecule has 0 rings (SSSR count). The monoisotopic (exact) mass is 919 g/mol. The molecule has 0 aliphatic carbocycles. The molecule has 0 radical (unpaired) electrons. The minimum Gasteiger partial charge on any atom is -0.548 e. The van der Waals surface area contributed by atoms with Crippen LogP contribution in [0, 0.1) is 23.7 Å². The van der Waals surface area contributed by atoms with E-state index in [0.29, 0.717) is 5.75 Å². The molecule has 22 heteroatoms. The lowest BCUT2D eigenvalue weighted by atomic mass is 9.99. The number of hydrogen-bond donors (Lipinski definition) is 11. The second-order valence-corrected chi connectivity index (χ2v) is 18.3. The maximum Gasteiger partial charge on any atom is 0.275 e. The number of carbonyl (C=O) groups is 9. The largest absolute Gasteiger partial charge is 0.548 e. The molecule has 0 spiro atoms. The van der Waals surface area contributed by atoms with E-state index in [9.17, 15) is 53.4 Å². The Balaban J connectivity index is 6.04. The van der Waals surface area contributed by atoms with E-state index in [-0.39, 0.29) is 55.7 Å². The maximum atomic E-state index is 13.8. The number of aliphatic hydroxyl groups is 1. The molecule has 0 saturated heterocycles. The normalized spacial score (nSPS) is 15.8. The van der Waals surface area contributed by atoms with Crippen molar-refractivity contribution in [3.63, 3.8) is 0 Å². The van der Waals surface area contributed by atoms with Gasteiger partial charge in [0.25, 0.3) is 5.91 Å². The second-order valence-electron chi connectivity index (χ2n) is 17.0. The highest BCUT2D eigenvalue weighted by atomic mass is 32.2. The third-order valence-corrected chi connectivity index (χ3v) is 10.4. The van der Waals surface area contributed by atoms with Crippen molar-refractivity contribution in [3.8, 4) is 0 Å². The Morgan fingerprint density at radius 2 is 0.952 bits per heavy atom. The van der Waals surface area contributed by atoms with Crippen LogP contribution in [0.3, 0.4) is 0 Å². The molecular formula is C40H73N9O11S2. The lowest BCUT2D eigenvalue weighted by Crippen LogP contribution is -2.63. The summed E-state index contributed by atoms with van der Waals surface area (Å²) < 4.78 is 0. The molecule has 0 fully saturated rings. The van der Waals surface area contributed by atoms with Crippen LogP contribution in [0.15, 0.2) is 0 Å². The molecule has 0 aromatic carbocycles. The fourth-order valence-electron chi connectivity index (χ4n) is 5.98. The van der Waals surface area contributed by atoms with Crippen molar-refractivity contribution in [1.82, 2.24) is 42.5 Å². The van der Waals surface area contributed by atoms with Crippen LogP contribution in [-0.2, 0) is 43.2 Å². The van der Waals surface area contributed by atoms with Crippen molar-refractivity contribution in [2.24, 2.45) is 23.7 Å². The van der Waals surface area contributed by atoms with Crippen LogP contribution in [0.2, 0.25) is 0 Å². The standard InChI is InChI=1S/C40H73N9O11S2/c1-19(2)14-26(43-30(51)17-41)35(54)47-29(18-61)37(56)49-32(24(10)50)39(58)45-27(15-20(3)4)36(55)48-31(22(7)8)38(57)42-23(9)33(52)44-25(12-13-62-11)34(53)46-28(40(59)60)16-21(5)6/h19-29,31-32,50,61H,12-18,41H2,1-11H3,(H,42,57)(H,43,51)(H,44,52)(H,45,58)(H,46,53)(H,47,54)(H,48,55)(H,49,56)(H,59,60)/t23-,24+,25-,26-,27-,28-,29-,31-,32-/m0/s1. The molecule has 0 aliphatic heterocycles. The van der Waals surface area contributed by atoms with Crippen molar-refractivity contribution in [3.05, 3.63) is 0 Å². The van der Waals surface area contributed by atoms with Gasteiger partial charge in [0, 0.05) is 5.75 Å². The van der Waals surface area contributed by atoms with Gasteiger partial charge in [-0.15, -0.1) is 0 Å². The second kappa shape index (κ2) is 29.3. The molecule has 0 aromatic rings. The first-order valence-electron chi connectivity index (χ1n) is 21.0. The Morgan fingerprint density at radius 1 is 0.548 bits per heavy atom. The number of rotatable bonds is 29. The molecule has 62 heavy (non-hydrogen) atoms. The van der Waals surface area contributed by atoms with Gasteiger partial charge >= 0.3 is 0 Å². The molecule has 0 unspecified atom stereocenters. The summed E-state index contributed by atoms with van der Waals surface area (Å²) in [5.74, 6) is -7.91. The van der Waals surface area contributed by atoms with Gasteiger partial charge in [0.1, 0.15) is 42.3 Å². The van der Waals surface area contributed by atoms with Crippen LogP contribution >= 0.6 is 24.4 Å². The molecule has 0 saturated carbocycles. The lowest BCUT2D eigenvalue weighted by Gasteiger charge is -2.29. The van der Waals surface area contributed by atoms with Crippen molar-refractivity contribution < 1.29 is 59.1 Å². The minimum atomic E-state index is -1.60. The fourth-order valence-corrected chi connectivity index (χ4v) is 6.70. The van der Waals surface area contributed by atoms with Crippen molar-refractivity contribution >= 4 is 77.6 Å². The number of nitrogens with one attached hydrogen (secondary N) is 8. The maximum absolute atomic E-state index is 13.8. The molecule has 20 nitrogen and oxygen atoms in total. The zero-order chi connectivity index (χ0) is 48.0. The van der Waals surface area contributed by atoms with Crippen LogP contribution in [0.4, 0.5) is 0 Å². The van der Waals surface area contributed by atoms with E-state index in [1.807, 2.05) is 13.8 Å². The number of aliphatic hydroxyl groups excluding tert-OH is 1. The van der Waals surface area contributed by atoms with Crippen LogP contribution < -0.4 is 53.4 Å². The number of carboxylic acids is 1. The number of carbonyl (C=O) groups excluding carboxylic acids is 9. The summed E-state index contributed by atoms with van der Waals surface area (Å²) in [5.41, 5.74) is 3.51. The summed E-state index contributed by atoms with van der Waals surface area (Å²) in [5, 5.41) is 42.5. The molecule has 8 amide bonds. The lowest BCUT2D eigenvalue weighted by molar-refractivity contribution is -0.355. The first-order valence-corrected chi connectivity index (χ1v) is 23.0. The molecule has 356 valence electrons. The number of thiol groups is 1. The van der Waals surface area contributed by atoms with Crippen LogP contribution in [0.5, 0.6) is 0 Å². The number of aliphatic carboxylic acids is 1. The molecule has 0 aromatic heterocycles. The number of carboxylic acid groups (broad SMARTS) is 1. The average molecular weight is 920 g/mol. The van der Waals surface area contributed by atoms with Gasteiger partial charge in [0.05, 0.1) is 18.1 Å². The van der Waals surface area contributed by atoms with Crippen molar-refractivity contribution in [2.45, 2.75) is 149 Å². The van der Waals surface area contributed by atoms with E-state index in [1.165, 1.54) is 25.6 Å². The van der Waals surface area contributed by atoms with E-state index >= 15 is 0 Å². The van der Waals surface area contributed by atoms with Gasteiger partial charge in [-0.05, 0) is 75.2 Å². The SMILES string of the molecule is CSCC[C@H](NC(=O)[C@H](C)NC(=O)[C@@H](NC(=O)[C@H](CC(C)C)NC(=O)[C@@H](NC(=O)[C@H](CS)NC(=O)[C@H](CC(C)C)NC(=O)C[NH3+])[C@@H](C)O)C(C)C)C(=O)N[C@@H](CC(C)C)C(=O)[O-]. The summed E-state index contributed by atoms with van der Waals surface area (Å²) in [7, 11) is 0. The topological polar surface area (TPSA) is 321 Å². The summed E-state index contributed by atoms with van der Waals surface area (Å²) in [6, 6.07) is -9.95. The van der Waals surface area contributed by atoms with Gasteiger partial charge in [-0.25, -0.2) is 0 Å². The van der Waals surface area contributed by atoms with E-state index in [2.05, 4.69) is 60.9 Å². The van der Waals surface area contributed by atoms with Gasteiger partial charge < -0.3 is 63.3 Å². The van der Waals surface area contributed by atoms with Gasteiger partial charge in [-0.3, -0.25) is 38.4 Å². The zero-order valence-corrected chi connectivity index (χ0v) is 39.8. The number of amides is 8. The average Bonchev–Trinajstić information content (AvgIpc) is 3.17. The first-order chi connectivity index (χ1) is 28.8. The smallest absolute Gasteiger partial charge is 0.275 e. The summed E-state index contributed by atoms with van der Waals surface area (Å²) in [4.78, 5) is 118. The molecule has 12 N–H and O–H groups in total. The summed E-state index contributed by atoms with van der Waals surface area (Å²) in [6.07, 6.45) is 0.934. The molecular weight excluding hydrogens is 847 g/mol. The van der Waals surface area contributed by atoms with Gasteiger partial charge in [0.2, 0.25) is 41.4 Å². The number of hydrogen-bond acceptors (Lipinski definition) is 13. The minimum absolute atomic E-state index is 0.00274. The molecule has 0 aliphatic rings. The highest BCUT2D eigenvalue weighted by Gasteiger charge is 2.36. The predicted octanol–water partition coefficient (Wildman–Crippen LogP) is -3.27. The van der Waals surface area contributed by atoms with E-state index in [4.69, 9.17) is 0 Å². The molecule has 9 atom stereocenters. The number of thioether (sulfide) groups is 1. The van der Waals surface area contributed by atoms with E-state index in [0.717, 1.165) is 0 Å². The Labute approximate surface area is 375 Å². The Morgan fingerprint density at radius 3 is 1.40 bits per heavy atom. The van der Waals surface area contributed by atoms with E-state index in [1.54, 1.807) is 47.8 Å². The Bertz CT molecular complexity index is 1520. The fraction of sp³-hybridized carbons (Fsp3) is 0.775.